The first-order chi connectivity index (χ1) is 20.5. The monoisotopic (exact) mass is 595 g/mol. The van der Waals surface area contributed by atoms with Crippen LogP contribution in [0.5, 0.6) is 0 Å². The van der Waals surface area contributed by atoms with Crippen molar-refractivity contribution in [1.82, 2.24) is 10.2 Å². The molecule has 10 nitrogen and oxygen atoms in total. The number of nitrogens with zero attached hydrogens (tertiary/aromatic N) is 1. The summed E-state index contributed by atoms with van der Waals surface area (Å²) in [5.41, 5.74) is 0.443. The van der Waals surface area contributed by atoms with Crippen molar-refractivity contribution < 1.29 is 33.4 Å². The fourth-order valence-corrected chi connectivity index (χ4v) is 7.29. The molecule has 2 aliphatic carbocycles. The van der Waals surface area contributed by atoms with Gasteiger partial charge in [0, 0.05) is 30.1 Å². The number of hydrogen-bond acceptors (Lipinski definition) is 6. The molecular weight excluding hydrogens is 550 g/mol. The molecule has 3 N–H and O–H groups in total. The molecular formula is C33H45N3O7. The van der Waals surface area contributed by atoms with Crippen LogP contribution in [0.25, 0.3) is 11.0 Å². The molecule has 2 aromatic rings. The summed E-state index contributed by atoms with van der Waals surface area (Å²) < 4.78 is 10.7. The highest BCUT2D eigenvalue weighted by atomic mass is 16.6. The molecule has 10 heteroatoms. The highest BCUT2D eigenvalue weighted by molar-refractivity contribution is 6.00. The maximum atomic E-state index is 14.0. The third-order valence-corrected chi connectivity index (χ3v) is 9.38. The number of rotatable bonds is 7. The topological polar surface area (TPSA) is 138 Å². The number of carbonyl (C=O) groups excluding carboxylic acids is 3. The lowest BCUT2D eigenvalue weighted by atomic mass is 9.76. The quantitative estimate of drug-likeness (QED) is 0.347. The van der Waals surface area contributed by atoms with Crippen LogP contribution in [0.15, 0.2) is 28.7 Å². The zero-order chi connectivity index (χ0) is 30.7. The Morgan fingerprint density at radius 1 is 0.977 bits per heavy atom. The molecule has 5 rings (SSSR count). The zero-order valence-corrected chi connectivity index (χ0v) is 25.5. The van der Waals surface area contributed by atoms with E-state index in [1.165, 1.54) is 12.5 Å². The summed E-state index contributed by atoms with van der Waals surface area (Å²) >= 11 is 0. The van der Waals surface area contributed by atoms with E-state index in [1.54, 1.807) is 18.2 Å². The number of benzene rings is 1. The van der Waals surface area contributed by atoms with E-state index in [2.05, 4.69) is 10.6 Å². The molecule has 2 heterocycles. The third kappa shape index (κ3) is 7.51. The SMILES string of the molecule is CC(C)(C)OC(=O)NCC1CCC(C(=O)N2CC[C@@H](C3CCCCC3)[C@@H]2C(=O)Nc2ccc3oc(C(=O)O)cc3c2)CC1. The Labute approximate surface area is 252 Å². The van der Waals surface area contributed by atoms with Crippen molar-refractivity contribution in [3.63, 3.8) is 0 Å². The van der Waals surface area contributed by atoms with Crippen LogP contribution in [-0.2, 0) is 14.3 Å². The lowest BCUT2D eigenvalue weighted by Gasteiger charge is -2.36. The summed E-state index contributed by atoms with van der Waals surface area (Å²) in [6.07, 6.45) is 9.28. The van der Waals surface area contributed by atoms with Gasteiger partial charge < -0.3 is 29.8 Å². The summed E-state index contributed by atoms with van der Waals surface area (Å²) in [5, 5.41) is 15.8. The van der Waals surface area contributed by atoms with E-state index < -0.39 is 23.7 Å². The van der Waals surface area contributed by atoms with Gasteiger partial charge in [-0.3, -0.25) is 9.59 Å². The lowest BCUT2D eigenvalue weighted by molar-refractivity contribution is -0.142. The number of aromatic carboxylic acids is 1. The molecule has 1 aromatic heterocycles. The van der Waals surface area contributed by atoms with Gasteiger partial charge in [0.1, 0.15) is 17.2 Å². The number of carboxylic acids is 1. The van der Waals surface area contributed by atoms with Gasteiger partial charge in [0.05, 0.1) is 0 Å². The van der Waals surface area contributed by atoms with Crippen LogP contribution >= 0.6 is 0 Å². The van der Waals surface area contributed by atoms with Gasteiger partial charge in [-0.15, -0.1) is 0 Å². The molecule has 1 aromatic carbocycles. The maximum absolute atomic E-state index is 14.0. The summed E-state index contributed by atoms with van der Waals surface area (Å²) in [6, 6.07) is 5.99. The number of nitrogens with one attached hydrogen (secondary N) is 2. The molecule has 3 amide bonds. The van der Waals surface area contributed by atoms with Gasteiger partial charge in [-0.25, -0.2) is 9.59 Å². The molecule has 234 valence electrons. The van der Waals surface area contributed by atoms with Crippen LogP contribution in [0.3, 0.4) is 0 Å². The van der Waals surface area contributed by atoms with Gasteiger partial charge in [0.15, 0.2) is 0 Å². The van der Waals surface area contributed by atoms with Crippen molar-refractivity contribution in [1.29, 1.82) is 0 Å². The first-order valence-electron chi connectivity index (χ1n) is 15.8. The fourth-order valence-electron chi connectivity index (χ4n) is 7.29. The molecule has 3 fully saturated rings. The third-order valence-electron chi connectivity index (χ3n) is 9.38. The van der Waals surface area contributed by atoms with Crippen molar-refractivity contribution in [3.8, 4) is 0 Å². The molecule has 43 heavy (non-hydrogen) atoms. The number of hydrogen-bond donors (Lipinski definition) is 3. The Morgan fingerprint density at radius 3 is 2.37 bits per heavy atom. The molecule has 1 aliphatic heterocycles. The molecule has 3 aliphatic rings. The largest absolute Gasteiger partial charge is 0.475 e. The minimum absolute atomic E-state index is 0.0633. The van der Waals surface area contributed by atoms with Crippen LogP contribution < -0.4 is 10.6 Å². The van der Waals surface area contributed by atoms with Gasteiger partial charge in [0.25, 0.3) is 0 Å². The standard InChI is InChI=1S/C33H45N3O7/c1-33(2,3)43-32(41)34-19-20-9-11-22(12-10-20)30(38)36-16-15-25(21-7-5-4-6-8-21)28(36)29(37)35-24-13-14-26-23(17-24)18-27(42-26)31(39)40/h13-14,17-18,20-22,25,28H,4-12,15-16,19H2,1-3H3,(H,34,41)(H,35,37)(H,39,40)/t20?,22?,25-,28+/m0/s1. The maximum Gasteiger partial charge on any atom is 0.407 e. The average Bonchev–Trinajstić information content (AvgIpc) is 3.61. The number of anilines is 1. The number of fused-ring (bicyclic) bond motifs is 1. The Bertz CT molecular complexity index is 1330. The van der Waals surface area contributed by atoms with E-state index in [0.717, 1.165) is 57.8 Å². The van der Waals surface area contributed by atoms with E-state index in [-0.39, 0.29) is 29.4 Å². The second-order valence-electron chi connectivity index (χ2n) is 13.6. The van der Waals surface area contributed by atoms with Crippen LogP contribution in [-0.4, -0.2) is 58.6 Å². The number of amides is 3. The highest BCUT2D eigenvalue weighted by Gasteiger charge is 2.46. The first-order valence-corrected chi connectivity index (χ1v) is 15.8. The lowest BCUT2D eigenvalue weighted by Crippen LogP contribution is -2.49. The van der Waals surface area contributed by atoms with Crippen molar-refractivity contribution >= 4 is 40.5 Å². The molecule has 0 radical (unpaired) electrons. The minimum atomic E-state index is -1.15. The van der Waals surface area contributed by atoms with Crippen molar-refractivity contribution in [3.05, 3.63) is 30.0 Å². The van der Waals surface area contributed by atoms with Gasteiger partial charge in [-0.1, -0.05) is 32.1 Å². The van der Waals surface area contributed by atoms with Gasteiger partial charge in [-0.2, -0.15) is 0 Å². The predicted molar refractivity (Wildman–Crippen MR) is 162 cm³/mol. The Balaban J connectivity index is 1.25. The smallest absolute Gasteiger partial charge is 0.407 e. The van der Waals surface area contributed by atoms with E-state index >= 15 is 0 Å². The molecule has 1 saturated heterocycles. The minimum Gasteiger partial charge on any atom is -0.475 e. The number of carboxylic acid groups (broad SMARTS) is 1. The van der Waals surface area contributed by atoms with Gasteiger partial charge in [0.2, 0.25) is 17.6 Å². The number of carbonyl (C=O) groups is 4. The Kier molecular flexibility index (Phi) is 9.32. The molecule has 2 atom stereocenters. The zero-order valence-electron chi connectivity index (χ0n) is 25.5. The van der Waals surface area contributed by atoms with E-state index in [4.69, 9.17) is 9.15 Å². The molecule has 0 spiro atoms. The molecule has 0 unspecified atom stereocenters. The highest BCUT2D eigenvalue weighted by Crippen LogP contribution is 2.41. The first kappa shape index (κ1) is 30.9. The molecule has 2 saturated carbocycles. The summed E-state index contributed by atoms with van der Waals surface area (Å²) in [5.74, 6) is -0.712. The summed E-state index contributed by atoms with van der Waals surface area (Å²) in [4.78, 5) is 53.1. The van der Waals surface area contributed by atoms with Crippen LogP contribution in [0.2, 0.25) is 0 Å². The van der Waals surface area contributed by atoms with Gasteiger partial charge >= 0.3 is 12.1 Å². The Morgan fingerprint density at radius 2 is 1.70 bits per heavy atom. The van der Waals surface area contributed by atoms with Crippen LogP contribution in [0.4, 0.5) is 10.5 Å². The summed E-state index contributed by atoms with van der Waals surface area (Å²) in [6.45, 7) is 6.62. The Hall–Kier alpha value is -3.56. The molecule has 0 bridgehead atoms. The number of alkyl carbamates (subject to hydrolysis) is 1. The van der Waals surface area contributed by atoms with E-state index in [1.807, 2.05) is 25.7 Å². The van der Waals surface area contributed by atoms with E-state index in [0.29, 0.717) is 41.6 Å². The normalized spacial score (nSPS) is 25.0. The van der Waals surface area contributed by atoms with Gasteiger partial charge in [-0.05, 0) is 94.9 Å². The van der Waals surface area contributed by atoms with Crippen molar-refractivity contribution in [2.24, 2.45) is 23.7 Å². The van der Waals surface area contributed by atoms with E-state index in [9.17, 15) is 24.3 Å². The fraction of sp³-hybridized carbons (Fsp3) is 0.636. The van der Waals surface area contributed by atoms with Crippen molar-refractivity contribution in [2.45, 2.75) is 96.6 Å². The summed E-state index contributed by atoms with van der Waals surface area (Å²) in [7, 11) is 0. The second-order valence-corrected chi connectivity index (χ2v) is 13.6. The number of furan rings is 1. The predicted octanol–water partition coefficient (Wildman–Crippen LogP) is 6.20. The number of ether oxygens (including phenoxy) is 1. The average molecular weight is 596 g/mol. The van der Waals surface area contributed by atoms with Crippen molar-refractivity contribution in [2.75, 3.05) is 18.4 Å². The van der Waals surface area contributed by atoms with Crippen LogP contribution in [0, 0.1) is 23.7 Å². The number of likely N-dealkylation sites (tertiary alicyclic amines) is 1. The second kappa shape index (κ2) is 13.0. The van der Waals surface area contributed by atoms with Crippen LogP contribution in [0.1, 0.15) is 95.5 Å².